The first-order valence-corrected chi connectivity index (χ1v) is 4.76. The van der Waals surface area contributed by atoms with Gasteiger partial charge in [0.25, 0.3) is 0 Å². The van der Waals surface area contributed by atoms with Gasteiger partial charge in [0.05, 0.1) is 11.1 Å². The minimum atomic E-state index is -0.561. The molecule has 2 N–H and O–H groups in total. The quantitative estimate of drug-likeness (QED) is 0.637. The molecule has 0 spiro atoms. The van der Waals surface area contributed by atoms with Crippen LogP contribution >= 0.6 is 0 Å². The molecule has 0 radical (unpaired) electrons. The summed E-state index contributed by atoms with van der Waals surface area (Å²) in [5, 5.41) is 12.0. The van der Waals surface area contributed by atoms with Crippen LogP contribution < -0.4 is 10.1 Å². The molecule has 1 amide bonds. The fraction of sp³-hybridized carbons (Fsp3) is 0.364. The molecule has 1 aliphatic rings. The summed E-state index contributed by atoms with van der Waals surface area (Å²) in [7, 11) is 0. The van der Waals surface area contributed by atoms with Gasteiger partial charge in [0, 0.05) is 6.07 Å². The summed E-state index contributed by atoms with van der Waals surface area (Å²) in [5.41, 5.74) is 0.0395. The minimum absolute atomic E-state index is 0.0769. The molecule has 0 fully saturated rings. The van der Waals surface area contributed by atoms with Gasteiger partial charge in [0.15, 0.2) is 0 Å². The van der Waals surface area contributed by atoms with Crippen molar-refractivity contribution >= 4 is 11.6 Å². The van der Waals surface area contributed by atoms with E-state index in [0.717, 1.165) is 0 Å². The van der Waals surface area contributed by atoms with E-state index in [-0.39, 0.29) is 11.7 Å². The van der Waals surface area contributed by atoms with Gasteiger partial charge in [-0.1, -0.05) is 0 Å². The van der Waals surface area contributed by atoms with E-state index in [4.69, 9.17) is 4.74 Å². The van der Waals surface area contributed by atoms with Crippen molar-refractivity contribution < 1.29 is 14.6 Å². The van der Waals surface area contributed by atoms with Crippen molar-refractivity contribution in [3.8, 4) is 11.5 Å². The maximum Gasteiger partial charge on any atom is 0.233 e. The highest BCUT2D eigenvalue weighted by atomic mass is 16.5. The Kier molecular flexibility index (Phi) is 2.07. The summed E-state index contributed by atoms with van der Waals surface area (Å²) in [6.45, 7) is 3.93. The maximum atomic E-state index is 11.7. The molecule has 0 atom stereocenters. The number of anilines is 1. The van der Waals surface area contributed by atoms with Crippen molar-refractivity contribution in [1.82, 2.24) is 0 Å². The molecule has 15 heavy (non-hydrogen) atoms. The molecule has 1 aromatic carbocycles. The second-order valence-corrected chi connectivity index (χ2v) is 4.31. The van der Waals surface area contributed by atoms with E-state index in [1.807, 2.05) is 13.8 Å². The third-order valence-electron chi connectivity index (χ3n) is 2.42. The Morgan fingerprint density at radius 3 is 2.93 bits per heavy atom. The fourth-order valence-electron chi connectivity index (χ4n) is 1.35. The van der Waals surface area contributed by atoms with E-state index in [1.54, 1.807) is 6.07 Å². The Morgan fingerprint density at radius 2 is 2.20 bits per heavy atom. The first-order valence-electron chi connectivity index (χ1n) is 4.76. The zero-order valence-corrected chi connectivity index (χ0v) is 8.70. The van der Waals surface area contributed by atoms with Gasteiger partial charge in [-0.3, -0.25) is 4.79 Å². The lowest BCUT2D eigenvalue weighted by atomic mass is 9.94. The van der Waals surface area contributed by atoms with Gasteiger partial charge >= 0.3 is 0 Å². The Balaban J connectivity index is 2.40. The standard InChI is InChI=1S/C11H13NO3/c1-11(2)6-15-9-5-7(13)3-4-8(9)12-10(11)14/h3-5,13H,6H2,1-2H3,(H,12,14). The van der Waals surface area contributed by atoms with Crippen molar-refractivity contribution in [3.05, 3.63) is 18.2 Å². The lowest BCUT2D eigenvalue weighted by molar-refractivity contribution is -0.124. The van der Waals surface area contributed by atoms with Gasteiger partial charge in [0.1, 0.15) is 18.1 Å². The van der Waals surface area contributed by atoms with Gasteiger partial charge < -0.3 is 15.2 Å². The molecule has 0 aliphatic carbocycles. The van der Waals surface area contributed by atoms with Gasteiger partial charge in [0.2, 0.25) is 5.91 Å². The van der Waals surface area contributed by atoms with Gasteiger partial charge in [-0.15, -0.1) is 0 Å². The predicted octanol–water partition coefficient (Wildman–Crippen LogP) is 1.75. The highest BCUT2D eigenvalue weighted by molar-refractivity contribution is 5.97. The van der Waals surface area contributed by atoms with Crippen molar-refractivity contribution in [1.29, 1.82) is 0 Å². The van der Waals surface area contributed by atoms with E-state index < -0.39 is 5.41 Å². The second kappa shape index (κ2) is 3.15. The Morgan fingerprint density at radius 1 is 1.47 bits per heavy atom. The molecule has 1 aromatic rings. The number of carbonyl (C=O) groups excluding carboxylic acids is 1. The average molecular weight is 207 g/mol. The van der Waals surface area contributed by atoms with E-state index in [2.05, 4.69) is 5.32 Å². The van der Waals surface area contributed by atoms with Crippen LogP contribution in [0.2, 0.25) is 0 Å². The second-order valence-electron chi connectivity index (χ2n) is 4.31. The van der Waals surface area contributed by atoms with E-state index in [9.17, 15) is 9.90 Å². The molecular formula is C11H13NO3. The number of hydrogen-bond acceptors (Lipinski definition) is 3. The number of rotatable bonds is 0. The lowest BCUT2D eigenvalue weighted by Gasteiger charge is -2.18. The highest BCUT2D eigenvalue weighted by Crippen LogP contribution is 2.34. The average Bonchev–Trinajstić information content (AvgIpc) is 2.27. The van der Waals surface area contributed by atoms with Crippen LogP contribution in [0.1, 0.15) is 13.8 Å². The molecule has 1 heterocycles. The SMILES string of the molecule is CC1(C)COc2cc(O)ccc2NC1=O. The number of amides is 1. The first kappa shape index (κ1) is 9.83. The number of hydrogen-bond donors (Lipinski definition) is 2. The molecule has 1 aliphatic heterocycles. The number of benzene rings is 1. The number of aromatic hydroxyl groups is 1. The maximum absolute atomic E-state index is 11.7. The number of phenols is 1. The molecule has 0 bridgehead atoms. The number of carbonyl (C=O) groups is 1. The van der Waals surface area contributed by atoms with Crippen molar-refractivity contribution in [2.24, 2.45) is 5.41 Å². The molecule has 4 nitrogen and oxygen atoms in total. The van der Waals surface area contributed by atoms with Crippen molar-refractivity contribution in [2.75, 3.05) is 11.9 Å². The van der Waals surface area contributed by atoms with Crippen LogP contribution in [0.5, 0.6) is 11.5 Å². The van der Waals surface area contributed by atoms with E-state index in [1.165, 1.54) is 12.1 Å². The zero-order valence-electron chi connectivity index (χ0n) is 8.70. The number of ether oxygens (including phenoxy) is 1. The zero-order chi connectivity index (χ0) is 11.1. The summed E-state index contributed by atoms with van der Waals surface area (Å²) < 4.78 is 5.47. The molecule has 80 valence electrons. The van der Waals surface area contributed by atoms with Crippen molar-refractivity contribution in [2.45, 2.75) is 13.8 Å². The topological polar surface area (TPSA) is 58.6 Å². The molecule has 0 saturated carbocycles. The van der Waals surface area contributed by atoms with Crippen LogP contribution in [0.4, 0.5) is 5.69 Å². The van der Waals surface area contributed by atoms with Gasteiger partial charge in [-0.2, -0.15) is 0 Å². The van der Waals surface area contributed by atoms with Crippen LogP contribution in [0.3, 0.4) is 0 Å². The molecule has 0 aromatic heterocycles. The smallest absolute Gasteiger partial charge is 0.233 e. The van der Waals surface area contributed by atoms with Crippen molar-refractivity contribution in [3.63, 3.8) is 0 Å². The number of nitrogens with one attached hydrogen (secondary N) is 1. The summed E-state index contributed by atoms with van der Waals surface area (Å²) >= 11 is 0. The number of phenolic OH excluding ortho intramolecular Hbond substituents is 1. The normalized spacial score (nSPS) is 18.4. The molecular weight excluding hydrogens is 194 g/mol. The molecule has 2 rings (SSSR count). The van der Waals surface area contributed by atoms with E-state index in [0.29, 0.717) is 18.0 Å². The predicted molar refractivity (Wildman–Crippen MR) is 56.0 cm³/mol. The largest absolute Gasteiger partial charge is 0.508 e. The third-order valence-corrected chi connectivity index (χ3v) is 2.42. The van der Waals surface area contributed by atoms with Crippen LogP contribution in [-0.2, 0) is 4.79 Å². The van der Waals surface area contributed by atoms with E-state index >= 15 is 0 Å². The van der Waals surface area contributed by atoms with Crippen LogP contribution in [0.15, 0.2) is 18.2 Å². The minimum Gasteiger partial charge on any atom is -0.508 e. The van der Waals surface area contributed by atoms with Gasteiger partial charge in [-0.05, 0) is 26.0 Å². The summed E-state index contributed by atoms with van der Waals surface area (Å²) in [6.07, 6.45) is 0. The van der Waals surface area contributed by atoms with Crippen LogP contribution in [-0.4, -0.2) is 17.6 Å². The lowest BCUT2D eigenvalue weighted by Crippen LogP contribution is -2.33. The van der Waals surface area contributed by atoms with Gasteiger partial charge in [-0.25, -0.2) is 0 Å². The Labute approximate surface area is 87.9 Å². The monoisotopic (exact) mass is 207 g/mol. The Hall–Kier alpha value is -1.71. The fourth-order valence-corrected chi connectivity index (χ4v) is 1.35. The molecule has 0 unspecified atom stereocenters. The highest BCUT2D eigenvalue weighted by Gasteiger charge is 2.32. The first-order chi connectivity index (χ1) is 6.99. The summed E-state index contributed by atoms with van der Waals surface area (Å²) in [6, 6.07) is 4.64. The summed E-state index contributed by atoms with van der Waals surface area (Å²) in [5.74, 6) is 0.559. The third kappa shape index (κ3) is 1.75. The van der Waals surface area contributed by atoms with Crippen LogP contribution in [0.25, 0.3) is 0 Å². The number of fused-ring (bicyclic) bond motifs is 1. The summed E-state index contributed by atoms with van der Waals surface area (Å²) in [4.78, 5) is 11.7. The Bertz CT molecular complexity index is 412. The molecule has 4 heteroatoms. The molecule has 0 saturated heterocycles. The van der Waals surface area contributed by atoms with Crippen LogP contribution in [0, 0.1) is 5.41 Å².